The summed E-state index contributed by atoms with van der Waals surface area (Å²) in [5.74, 6) is 1.97. The molecular weight excluding hydrogens is 498 g/mol. The number of nitrogens with zero attached hydrogens (tertiary/aromatic N) is 3. The van der Waals surface area contributed by atoms with Gasteiger partial charge in [0, 0.05) is 42.1 Å². The SMILES string of the molecule is Cc1nc(-c2cccc(-c3cccc4c3sc3ccccc34)c2)nc(-c2ccc3c(c2)oc2ccccc23)n1. The fraction of sp³-hybridized carbons (Fsp3) is 0.0294. The van der Waals surface area contributed by atoms with Crippen molar-refractivity contribution in [3.8, 4) is 33.9 Å². The van der Waals surface area contributed by atoms with Crippen molar-refractivity contribution < 1.29 is 4.42 Å². The molecule has 5 aromatic carbocycles. The summed E-state index contributed by atoms with van der Waals surface area (Å²) in [5.41, 5.74) is 5.93. The summed E-state index contributed by atoms with van der Waals surface area (Å²) >= 11 is 1.84. The molecule has 0 radical (unpaired) electrons. The Balaban J connectivity index is 1.24. The number of furan rings is 1. The van der Waals surface area contributed by atoms with Crippen LogP contribution in [0.5, 0.6) is 0 Å². The fourth-order valence-corrected chi connectivity index (χ4v) is 6.64. The minimum atomic E-state index is 0.636. The van der Waals surface area contributed by atoms with Gasteiger partial charge in [0.05, 0.1) is 0 Å². The van der Waals surface area contributed by atoms with Crippen LogP contribution in [-0.4, -0.2) is 15.0 Å². The van der Waals surface area contributed by atoms with E-state index in [9.17, 15) is 0 Å². The monoisotopic (exact) mass is 519 g/mol. The summed E-state index contributed by atoms with van der Waals surface area (Å²) in [4.78, 5) is 14.3. The van der Waals surface area contributed by atoms with E-state index in [0.717, 1.165) is 38.6 Å². The summed E-state index contributed by atoms with van der Waals surface area (Å²) in [6.45, 7) is 1.91. The van der Waals surface area contributed by atoms with Crippen LogP contribution in [0, 0.1) is 6.92 Å². The molecule has 0 saturated carbocycles. The third kappa shape index (κ3) is 3.62. The van der Waals surface area contributed by atoms with Gasteiger partial charge in [-0.3, -0.25) is 0 Å². The van der Waals surface area contributed by atoms with E-state index in [1.165, 1.54) is 25.7 Å². The Morgan fingerprint density at radius 1 is 0.538 bits per heavy atom. The Bertz CT molecular complexity index is 2210. The smallest absolute Gasteiger partial charge is 0.163 e. The summed E-state index contributed by atoms with van der Waals surface area (Å²) in [5, 5.41) is 4.79. The molecular formula is C34H21N3OS. The van der Waals surface area contributed by atoms with Crippen LogP contribution in [0.1, 0.15) is 5.82 Å². The fourth-order valence-electron chi connectivity index (χ4n) is 5.41. The van der Waals surface area contributed by atoms with E-state index in [2.05, 4.69) is 89.9 Å². The molecule has 0 fully saturated rings. The minimum absolute atomic E-state index is 0.636. The first-order valence-corrected chi connectivity index (χ1v) is 13.7. The molecule has 0 amide bonds. The second-order valence-corrected chi connectivity index (χ2v) is 10.8. The zero-order valence-corrected chi connectivity index (χ0v) is 21.9. The lowest BCUT2D eigenvalue weighted by Gasteiger charge is -2.08. The van der Waals surface area contributed by atoms with E-state index in [1.807, 2.05) is 42.5 Å². The summed E-state index contributed by atoms with van der Waals surface area (Å²) < 4.78 is 8.71. The van der Waals surface area contributed by atoms with Gasteiger partial charge in [-0.1, -0.05) is 78.9 Å². The number of thiophene rings is 1. The summed E-state index contributed by atoms with van der Waals surface area (Å²) in [7, 11) is 0. The van der Waals surface area contributed by atoms with Gasteiger partial charge in [-0.15, -0.1) is 11.3 Å². The maximum absolute atomic E-state index is 6.11. The highest BCUT2D eigenvalue weighted by Gasteiger charge is 2.14. The van der Waals surface area contributed by atoms with Gasteiger partial charge in [-0.25, -0.2) is 15.0 Å². The maximum atomic E-state index is 6.11. The molecule has 0 bridgehead atoms. The van der Waals surface area contributed by atoms with Gasteiger partial charge in [0.2, 0.25) is 0 Å². The number of aryl methyl sites for hydroxylation is 1. The Morgan fingerprint density at radius 3 is 2.13 bits per heavy atom. The quantitative estimate of drug-likeness (QED) is 0.233. The standard InChI is InChI=1S/C34H21N3OS/c1-20-35-33(37-34(36-20)23-16-17-26-25-10-2-4-14-29(25)38-30(26)19-23)22-9-6-8-21(18-22)24-12-7-13-28-27-11-3-5-15-31(27)39-32(24)28/h2-19H,1H3. The molecule has 184 valence electrons. The van der Waals surface area contributed by atoms with Crippen molar-refractivity contribution in [1.82, 2.24) is 15.0 Å². The lowest BCUT2D eigenvalue weighted by molar-refractivity contribution is 0.669. The van der Waals surface area contributed by atoms with E-state index in [4.69, 9.17) is 14.4 Å². The highest BCUT2D eigenvalue weighted by molar-refractivity contribution is 7.26. The number of aromatic nitrogens is 3. The Labute approximate surface area is 228 Å². The first-order valence-electron chi connectivity index (χ1n) is 12.9. The highest BCUT2D eigenvalue weighted by atomic mass is 32.1. The Morgan fingerprint density at radius 2 is 1.23 bits per heavy atom. The van der Waals surface area contributed by atoms with E-state index in [0.29, 0.717) is 17.5 Å². The molecule has 0 aliphatic rings. The summed E-state index contributed by atoms with van der Waals surface area (Å²) in [6, 6.07) is 37.9. The van der Waals surface area contributed by atoms with Crippen LogP contribution in [-0.2, 0) is 0 Å². The van der Waals surface area contributed by atoms with Gasteiger partial charge in [0.25, 0.3) is 0 Å². The Kier molecular flexibility index (Phi) is 4.87. The van der Waals surface area contributed by atoms with Crippen LogP contribution in [0.2, 0.25) is 0 Å². The topological polar surface area (TPSA) is 51.8 Å². The third-order valence-corrected chi connectivity index (χ3v) is 8.44. The molecule has 0 saturated heterocycles. The van der Waals surface area contributed by atoms with Crippen LogP contribution < -0.4 is 0 Å². The van der Waals surface area contributed by atoms with Crippen molar-refractivity contribution in [2.24, 2.45) is 0 Å². The number of rotatable bonds is 3. The molecule has 0 spiro atoms. The molecule has 0 aliphatic heterocycles. The number of hydrogen-bond donors (Lipinski definition) is 0. The molecule has 0 N–H and O–H groups in total. The number of para-hydroxylation sites is 1. The van der Waals surface area contributed by atoms with E-state index in [1.54, 1.807) is 0 Å². The maximum Gasteiger partial charge on any atom is 0.163 e. The van der Waals surface area contributed by atoms with Crippen LogP contribution in [0.25, 0.3) is 76.0 Å². The molecule has 4 nitrogen and oxygen atoms in total. The molecule has 5 heteroatoms. The number of benzene rings is 5. The van der Waals surface area contributed by atoms with Gasteiger partial charge >= 0.3 is 0 Å². The minimum Gasteiger partial charge on any atom is -0.456 e. The van der Waals surface area contributed by atoms with Crippen LogP contribution in [0.15, 0.2) is 114 Å². The van der Waals surface area contributed by atoms with Crippen molar-refractivity contribution in [1.29, 1.82) is 0 Å². The average Bonchev–Trinajstić information content (AvgIpc) is 3.55. The molecule has 39 heavy (non-hydrogen) atoms. The predicted octanol–water partition coefficient (Wildman–Crippen LogP) is 9.45. The molecule has 3 heterocycles. The van der Waals surface area contributed by atoms with Crippen molar-refractivity contribution in [2.75, 3.05) is 0 Å². The number of hydrogen-bond acceptors (Lipinski definition) is 5. The van der Waals surface area contributed by atoms with Crippen LogP contribution in [0.4, 0.5) is 0 Å². The van der Waals surface area contributed by atoms with Gasteiger partial charge in [-0.2, -0.15) is 0 Å². The van der Waals surface area contributed by atoms with Gasteiger partial charge in [-0.05, 0) is 48.4 Å². The molecule has 8 aromatic rings. The number of fused-ring (bicyclic) bond motifs is 6. The second kappa shape index (κ2) is 8.58. The molecule has 8 rings (SSSR count). The lowest BCUT2D eigenvalue weighted by Crippen LogP contribution is -1.99. The van der Waals surface area contributed by atoms with E-state index >= 15 is 0 Å². The van der Waals surface area contributed by atoms with Crippen molar-refractivity contribution in [2.45, 2.75) is 6.92 Å². The van der Waals surface area contributed by atoms with Crippen LogP contribution >= 0.6 is 11.3 Å². The molecule has 0 unspecified atom stereocenters. The third-order valence-electron chi connectivity index (χ3n) is 7.22. The average molecular weight is 520 g/mol. The van der Waals surface area contributed by atoms with Gasteiger partial charge < -0.3 is 4.42 Å². The van der Waals surface area contributed by atoms with Gasteiger partial charge in [0.15, 0.2) is 11.6 Å². The summed E-state index contributed by atoms with van der Waals surface area (Å²) in [6.07, 6.45) is 0. The normalized spacial score (nSPS) is 11.7. The zero-order chi connectivity index (χ0) is 25.9. The van der Waals surface area contributed by atoms with Crippen LogP contribution in [0.3, 0.4) is 0 Å². The first kappa shape index (κ1) is 22.1. The molecule has 3 aromatic heterocycles. The molecule has 0 atom stereocenters. The largest absolute Gasteiger partial charge is 0.456 e. The second-order valence-electron chi connectivity index (χ2n) is 9.70. The zero-order valence-electron chi connectivity index (χ0n) is 21.1. The van der Waals surface area contributed by atoms with Crippen molar-refractivity contribution >= 4 is 53.4 Å². The predicted molar refractivity (Wildman–Crippen MR) is 161 cm³/mol. The van der Waals surface area contributed by atoms with Crippen molar-refractivity contribution in [3.05, 3.63) is 115 Å². The lowest BCUT2D eigenvalue weighted by atomic mass is 10.0. The first-order chi connectivity index (χ1) is 19.2. The molecule has 0 aliphatic carbocycles. The Hall–Kier alpha value is -4.87. The van der Waals surface area contributed by atoms with Crippen molar-refractivity contribution in [3.63, 3.8) is 0 Å². The van der Waals surface area contributed by atoms with Gasteiger partial charge in [0.1, 0.15) is 17.0 Å². The highest BCUT2D eigenvalue weighted by Crippen LogP contribution is 2.40. The van der Waals surface area contributed by atoms with E-state index < -0.39 is 0 Å². The van der Waals surface area contributed by atoms with E-state index in [-0.39, 0.29) is 0 Å².